The summed E-state index contributed by atoms with van der Waals surface area (Å²) in [5.74, 6) is -0.988. The Bertz CT molecular complexity index is 1300. The number of hydrogen-bond donors (Lipinski definition) is 4. The van der Waals surface area contributed by atoms with Crippen molar-refractivity contribution in [3.63, 3.8) is 0 Å². The van der Waals surface area contributed by atoms with E-state index in [2.05, 4.69) is 16.1 Å². The number of nitriles is 1. The number of benzene rings is 2. The molecule has 2 aromatic carbocycles. The number of sulfonamides is 2. The van der Waals surface area contributed by atoms with Crippen molar-refractivity contribution in [1.82, 2.24) is 9.44 Å². The number of aromatic hydroxyl groups is 1. The van der Waals surface area contributed by atoms with Gasteiger partial charge >= 0.3 is 6.03 Å². The first-order valence-electron chi connectivity index (χ1n) is 9.91. The first-order valence-corrected chi connectivity index (χ1v) is 12.9. The van der Waals surface area contributed by atoms with Gasteiger partial charge < -0.3 is 10.4 Å². The van der Waals surface area contributed by atoms with E-state index in [0.29, 0.717) is 22.4 Å². The minimum atomic E-state index is -4.54. The van der Waals surface area contributed by atoms with Gasteiger partial charge in [0.05, 0.1) is 16.5 Å². The number of carbonyl (C=O) groups is 1. The molecule has 2 aromatic rings. The molecule has 0 radical (unpaired) electrons. The van der Waals surface area contributed by atoms with Gasteiger partial charge in [-0.2, -0.15) is 5.26 Å². The summed E-state index contributed by atoms with van der Waals surface area (Å²) in [4.78, 5) is 11.6. The lowest BCUT2D eigenvalue weighted by Gasteiger charge is -2.21. The average Bonchev–Trinajstić information content (AvgIpc) is 2.72. The number of urea groups is 1. The number of rotatable bonds is 7. The number of nitrogens with one attached hydrogen (secondary N) is 3. The number of anilines is 1. The largest absolute Gasteiger partial charge is 0.506 e. The highest BCUT2D eigenvalue weighted by Crippen LogP contribution is 2.34. The number of phenols is 1. The molecule has 4 N–H and O–H groups in total. The van der Waals surface area contributed by atoms with Crippen molar-refractivity contribution in [3.05, 3.63) is 47.0 Å². The summed E-state index contributed by atoms with van der Waals surface area (Å²) in [6.07, 6.45) is 0. The molecule has 0 heterocycles. The van der Waals surface area contributed by atoms with Gasteiger partial charge in [0.2, 0.25) is 10.0 Å². The van der Waals surface area contributed by atoms with Crippen LogP contribution in [0.2, 0.25) is 0 Å². The summed E-state index contributed by atoms with van der Waals surface area (Å²) in [6, 6.07) is 6.92. The normalized spacial score (nSPS) is 11.9. The standard InChI is InChI=1S/C21H26N4O6S2/c1-12(2)16-8-14(11-22)9-17(13(3)4)20(16)24-21(27)25-33(30,31)19-7-6-15(10-18(19)26)32(28,29)23-5/h6-10,12-13,23,26H,1-5H3,(H2,24,25,27). The first kappa shape index (κ1) is 26.1. The minimum Gasteiger partial charge on any atom is -0.506 e. The predicted octanol–water partition coefficient (Wildman–Crippen LogP) is 2.93. The molecule has 0 spiro atoms. The van der Waals surface area contributed by atoms with Crippen molar-refractivity contribution in [3.8, 4) is 11.8 Å². The van der Waals surface area contributed by atoms with Crippen LogP contribution in [0.5, 0.6) is 5.75 Å². The Balaban J connectivity index is 2.41. The molecule has 0 fully saturated rings. The summed E-state index contributed by atoms with van der Waals surface area (Å²) < 4.78 is 52.9. The van der Waals surface area contributed by atoms with E-state index in [0.717, 1.165) is 18.2 Å². The zero-order valence-corrected chi connectivity index (χ0v) is 20.4. The molecule has 2 rings (SSSR count). The van der Waals surface area contributed by atoms with Gasteiger partial charge in [-0.3, -0.25) is 0 Å². The fraction of sp³-hybridized carbons (Fsp3) is 0.333. The topological polar surface area (TPSA) is 165 Å². The molecule has 12 heteroatoms. The van der Waals surface area contributed by atoms with Gasteiger partial charge in [-0.1, -0.05) is 27.7 Å². The maximum absolute atomic E-state index is 12.7. The molecule has 0 saturated carbocycles. The van der Waals surface area contributed by atoms with Crippen LogP contribution in [0.4, 0.5) is 10.5 Å². The van der Waals surface area contributed by atoms with Gasteiger partial charge in [0.1, 0.15) is 10.6 Å². The van der Waals surface area contributed by atoms with Crippen molar-refractivity contribution in [1.29, 1.82) is 5.26 Å². The Morgan fingerprint density at radius 1 is 0.970 bits per heavy atom. The second-order valence-electron chi connectivity index (χ2n) is 7.85. The monoisotopic (exact) mass is 494 g/mol. The Labute approximate surface area is 193 Å². The van der Waals surface area contributed by atoms with Gasteiger partial charge in [-0.15, -0.1) is 0 Å². The Hall–Kier alpha value is -3.14. The Kier molecular flexibility index (Phi) is 7.74. The van der Waals surface area contributed by atoms with Crippen molar-refractivity contribution >= 4 is 31.8 Å². The highest BCUT2D eigenvalue weighted by atomic mass is 32.2. The highest BCUT2D eigenvalue weighted by Gasteiger charge is 2.25. The van der Waals surface area contributed by atoms with Crippen molar-refractivity contribution in [2.75, 3.05) is 12.4 Å². The molecule has 0 unspecified atom stereocenters. The van der Waals surface area contributed by atoms with E-state index in [9.17, 15) is 32.0 Å². The summed E-state index contributed by atoms with van der Waals surface area (Å²) >= 11 is 0. The number of carbonyl (C=O) groups excluding carboxylic acids is 1. The smallest absolute Gasteiger partial charge is 0.333 e. The minimum absolute atomic E-state index is 0.0755. The van der Waals surface area contributed by atoms with E-state index in [-0.39, 0.29) is 16.7 Å². The lowest BCUT2D eigenvalue weighted by molar-refractivity contribution is 0.256. The Morgan fingerprint density at radius 2 is 1.52 bits per heavy atom. The first-order chi connectivity index (χ1) is 15.2. The van der Waals surface area contributed by atoms with Gasteiger partial charge in [0.15, 0.2) is 0 Å². The zero-order valence-electron chi connectivity index (χ0n) is 18.8. The number of amides is 2. The maximum atomic E-state index is 12.7. The van der Waals surface area contributed by atoms with E-state index >= 15 is 0 Å². The molecule has 0 aliphatic rings. The van der Waals surface area contributed by atoms with E-state index in [1.165, 1.54) is 7.05 Å². The Morgan fingerprint density at radius 3 is 1.94 bits per heavy atom. The molecule has 0 aliphatic heterocycles. The summed E-state index contributed by atoms with van der Waals surface area (Å²) in [5, 5.41) is 22.0. The molecule has 0 aromatic heterocycles. The predicted molar refractivity (Wildman–Crippen MR) is 123 cm³/mol. The SMILES string of the molecule is CNS(=O)(=O)c1ccc(S(=O)(=O)NC(=O)Nc2c(C(C)C)cc(C#N)cc2C(C)C)c(O)c1. The van der Waals surface area contributed by atoms with Crippen molar-refractivity contribution < 1.29 is 26.7 Å². The molecule has 10 nitrogen and oxygen atoms in total. The van der Waals surface area contributed by atoms with Crippen LogP contribution in [0.3, 0.4) is 0 Å². The average molecular weight is 495 g/mol. The van der Waals surface area contributed by atoms with Crippen LogP contribution in [0.25, 0.3) is 0 Å². The van der Waals surface area contributed by atoms with E-state index < -0.39 is 36.7 Å². The second kappa shape index (κ2) is 9.78. The maximum Gasteiger partial charge on any atom is 0.333 e. The lowest BCUT2D eigenvalue weighted by Crippen LogP contribution is -2.35. The van der Waals surface area contributed by atoms with Crippen molar-refractivity contribution in [2.45, 2.75) is 49.3 Å². The summed E-state index contributed by atoms with van der Waals surface area (Å²) in [5.41, 5.74) is 2.14. The van der Waals surface area contributed by atoms with Crippen LogP contribution in [0.15, 0.2) is 40.1 Å². The summed E-state index contributed by atoms with van der Waals surface area (Å²) in [6.45, 7) is 7.50. The third kappa shape index (κ3) is 5.81. The van der Waals surface area contributed by atoms with Gasteiger partial charge in [0, 0.05) is 11.8 Å². The fourth-order valence-electron chi connectivity index (χ4n) is 3.13. The van der Waals surface area contributed by atoms with Crippen LogP contribution in [-0.4, -0.2) is 35.0 Å². The lowest BCUT2D eigenvalue weighted by atomic mass is 9.90. The number of phenolic OH excluding ortho intramolecular Hbond substituents is 1. The van der Waals surface area contributed by atoms with Gasteiger partial charge in [0.25, 0.3) is 10.0 Å². The molecule has 0 atom stereocenters. The van der Waals surface area contributed by atoms with Crippen LogP contribution in [0.1, 0.15) is 56.2 Å². The van der Waals surface area contributed by atoms with Gasteiger partial charge in [-0.05, 0) is 54.3 Å². The molecule has 2 amide bonds. The second-order valence-corrected chi connectivity index (χ2v) is 11.4. The zero-order chi connectivity index (χ0) is 25.1. The van der Waals surface area contributed by atoms with Crippen molar-refractivity contribution in [2.24, 2.45) is 0 Å². The van der Waals surface area contributed by atoms with Gasteiger partial charge in [-0.25, -0.2) is 31.1 Å². The fourth-order valence-corrected chi connectivity index (χ4v) is 4.87. The number of nitrogens with zero attached hydrogens (tertiary/aromatic N) is 1. The quantitative estimate of drug-likeness (QED) is 0.459. The van der Waals surface area contributed by atoms with Crippen LogP contribution in [-0.2, 0) is 20.0 Å². The highest BCUT2D eigenvalue weighted by molar-refractivity contribution is 7.90. The van der Waals surface area contributed by atoms with E-state index in [4.69, 9.17) is 0 Å². The number of hydrogen-bond acceptors (Lipinski definition) is 7. The molecule has 33 heavy (non-hydrogen) atoms. The molecular weight excluding hydrogens is 468 g/mol. The third-order valence-corrected chi connectivity index (χ3v) is 7.63. The summed E-state index contributed by atoms with van der Waals surface area (Å²) in [7, 11) is -7.27. The van der Waals surface area contributed by atoms with E-state index in [1.54, 1.807) is 12.1 Å². The van der Waals surface area contributed by atoms with Crippen LogP contribution in [0, 0.1) is 11.3 Å². The molecule has 178 valence electrons. The third-order valence-electron chi connectivity index (χ3n) is 4.84. The van der Waals surface area contributed by atoms with Crippen LogP contribution < -0.4 is 14.8 Å². The molecule has 0 saturated heterocycles. The van der Waals surface area contributed by atoms with Crippen LogP contribution >= 0.6 is 0 Å². The molecule has 0 bridgehead atoms. The molecular formula is C21H26N4O6S2. The molecule has 0 aliphatic carbocycles. The van der Waals surface area contributed by atoms with E-state index in [1.807, 2.05) is 32.4 Å².